The van der Waals surface area contributed by atoms with Gasteiger partial charge in [-0.15, -0.1) is 0 Å². The molecule has 114 valence electrons. The molecule has 1 aliphatic rings. The lowest BCUT2D eigenvalue weighted by molar-refractivity contribution is 0.0350. The summed E-state index contributed by atoms with van der Waals surface area (Å²) in [5.74, 6) is 1.05. The summed E-state index contributed by atoms with van der Waals surface area (Å²) in [6.07, 6.45) is 3.65. The van der Waals surface area contributed by atoms with E-state index in [1.165, 1.54) is 5.69 Å². The van der Waals surface area contributed by atoms with Crippen LogP contribution in [-0.2, 0) is 6.54 Å². The third-order valence-corrected chi connectivity index (χ3v) is 4.29. The molecule has 0 saturated carbocycles. The molecule has 3 rings (SSSR count). The number of piperidine rings is 1. The standard InChI is InChI=1S/C16H24N4O/c1-3-17-12-13-15(18-14-6-4-5-9-20(13)14)19-10-7-16(2,21)8-11-19/h4-6,9,17,21H,3,7-8,10-12H2,1-2H3. The van der Waals surface area contributed by atoms with Crippen molar-refractivity contribution in [1.82, 2.24) is 14.7 Å². The lowest BCUT2D eigenvalue weighted by Crippen LogP contribution is -2.43. The number of rotatable bonds is 4. The third-order valence-electron chi connectivity index (χ3n) is 4.29. The summed E-state index contributed by atoms with van der Waals surface area (Å²) in [4.78, 5) is 7.11. The quantitative estimate of drug-likeness (QED) is 0.901. The molecule has 21 heavy (non-hydrogen) atoms. The van der Waals surface area contributed by atoms with E-state index in [1.807, 2.05) is 25.1 Å². The Morgan fingerprint density at radius 3 is 2.81 bits per heavy atom. The molecule has 1 fully saturated rings. The van der Waals surface area contributed by atoms with Crippen LogP contribution in [0.2, 0.25) is 0 Å². The van der Waals surface area contributed by atoms with Crippen molar-refractivity contribution < 1.29 is 5.11 Å². The summed E-state index contributed by atoms with van der Waals surface area (Å²) in [6, 6.07) is 6.10. The normalized spacial score (nSPS) is 18.3. The number of pyridine rings is 1. The Morgan fingerprint density at radius 1 is 1.33 bits per heavy atom. The van der Waals surface area contributed by atoms with Crippen LogP contribution in [0, 0.1) is 0 Å². The maximum atomic E-state index is 10.1. The molecule has 0 unspecified atom stereocenters. The minimum absolute atomic E-state index is 0.530. The van der Waals surface area contributed by atoms with Crippen LogP contribution in [0.25, 0.3) is 5.65 Å². The number of nitrogens with zero attached hydrogens (tertiary/aromatic N) is 3. The van der Waals surface area contributed by atoms with Crippen molar-refractivity contribution in [2.75, 3.05) is 24.5 Å². The van der Waals surface area contributed by atoms with Crippen molar-refractivity contribution in [2.45, 2.75) is 38.8 Å². The number of imidazole rings is 1. The average molecular weight is 288 g/mol. The van der Waals surface area contributed by atoms with E-state index in [0.29, 0.717) is 0 Å². The molecule has 0 aliphatic carbocycles. The number of aliphatic hydroxyl groups is 1. The molecule has 2 aromatic rings. The van der Waals surface area contributed by atoms with E-state index in [-0.39, 0.29) is 0 Å². The summed E-state index contributed by atoms with van der Waals surface area (Å²) in [7, 11) is 0. The largest absolute Gasteiger partial charge is 0.390 e. The Kier molecular flexibility index (Phi) is 3.87. The molecule has 2 aromatic heterocycles. The van der Waals surface area contributed by atoms with Crippen LogP contribution < -0.4 is 10.2 Å². The molecular formula is C16H24N4O. The first-order valence-corrected chi connectivity index (χ1v) is 7.75. The summed E-state index contributed by atoms with van der Waals surface area (Å²) in [5.41, 5.74) is 1.66. The zero-order valence-electron chi connectivity index (χ0n) is 12.8. The highest BCUT2D eigenvalue weighted by Gasteiger charge is 2.29. The van der Waals surface area contributed by atoms with E-state index >= 15 is 0 Å². The summed E-state index contributed by atoms with van der Waals surface area (Å²) in [5, 5.41) is 13.5. The smallest absolute Gasteiger partial charge is 0.152 e. The van der Waals surface area contributed by atoms with Gasteiger partial charge in [0.25, 0.3) is 0 Å². The molecule has 5 nitrogen and oxygen atoms in total. The zero-order valence-corrected chi connectivity index (χ0v) is 12.8. The van der Waals surface area contributed by atoms with Gasteiger partial charge >= 0.3 is 0 Å². The highest BCUT2D eigenvalue weighted by Crippen LogP contribution is 2.28. The maximum Gasteiger partial charge on any atom is 0.152 e. The molecule has 3 heterocycles. The molecule has 0 radical (unpaired) electrons. The third kappa shape index (κ3) is 2.89. The van der Waals surface area contributed by atoms with Crippen LogP contribution in [-0.4, -0.2) is 39.7 Å². The van der Waals surface area contributed by atoms with Gasteiger partial charge in [-0.3, -0.25) is 0 Å². The number of aromatic nitrogens is 2. The number of hydrogen-bond acceptors (Lipinski definition) is 4. The van der Waals surface area contributed by atoms with Crippen molar-refractivity contribution in [3.05, 3.63) is 30.1 Å². The Labute approximate surface area is 125 Å². The fourth-order valence-corrected chi connectivity index (χ4v) is 2.90. The van der Waals surface area contributed by atoms with E-state index in [4.69, 9.17) is 4.98 Å². The zero-order chi connectivity index (χ0) is 14.9. The van der Waals surface area contributed by atoms with Gasteiger partial charge in [0.05, 0.1) is 11.3 Å². The van der Waals surface area contributed by atoms with Crippen molar-refractivity contribution in [2.24, 2.45) is 0 Å². The Morgan fingerprint density at radius 2 is 2.10 bits per heavy atom. The predicted octanol–water partition coefficient (Wildman–Crippen LogP) is 1.79. The van der Waals surface area contributed by atoms with Crippen LogP contribution >= 0.6 is 0 Å². The van der Waals surface area contributed by atoms with E-state index < -0.39 is 5.60 Å². The van der Waals surface area contributed by atoms with E-state index in [1.54, 1.807) is 0 Å². The molecule has 1 saturated heterocycles. The van der Waals surface area contributed by atoms with Gasteiger partial charge in [-0.1, -0.05) is 13.0 Å². The molecule has 5 heteroatoms. The van der Waals surface area contributed by atoms with Gasteiger partial charge < -0.3 is 19.7 Å². The average Bonchev–Trinajstić information content (AvgIpc) is 2.83. The molecule has 0 atom stereocenters. The lowest BCUT2D eigenvalue weighted by Gasteiger charge is -2.36. The lowest BCUT2D eigenvalue weighted by atomic mass is 9.94. The van der Waals surface area contributed by atoms with Crippen molar-refractivity contribution in [3.8, 4) is 0 Å². The summed E-state index contributed by atoms with van der Waals surface area (Å²) in [6.45, 7) is 7.50. The van der Waals surface area contributed by atoms with Gasteiger partial charge in [-0.2, -0.15) is 0 Å². The van der Waals surface area contributed by atoms with Gasteiger partial charge in [0.1, 0.15) is 5.65 Å². The van der Waals surface area contributed by atoms with Gasteiger partial charge in [0.2, 0.25) is 0 Å². The molecular weight excluding hydrogens is 264 g/mol. The topological polar surface area (TPSA) is 52.8 Å². The number of fused-ring (bicyclic) bond motifs is 1. The summed E-state index contributed by atoms with van der Waals surface area (Å²) >= 11 is 0. The monoisotopic (exact) mass is 288 g/mol. The van der Waals surface area contributed by atoms with Gasteiger partial charge in [-0.25, -0.2) is 4.98 Å². The summed E-state index contributed by atoms with van der Waals surface area (Å²) < 4.78 is 2.16. The SMILES string of the molecule is CCNCc1c(N2CCC(C)(O)CC2)nc2ccccn12. The number of hydrogen-bond donors (Lipinski definition) is 2. The predicted molar refractivity (Wildman–Crippen MR) is 84.6 cm³/mol. The Hall–Kier alpha value is -1.59. The van der Waals surface area contributed by atoms with Crippen LogP contribution in [0.1, 0.15) is 32.4 Å². The Balaban J connectivity index is 1.93. The fourth-order valence-electron chi connectivity index (χ4n) is 2.90. The minimum atomic E-state index is -0.530. The molecule has 2 N–H and O–H groups in total. The van der Waals surface area contributed by atoms with Gasteiger partial charge in [0.15, 0.2) is 5.82 Å². The number of anilines is 1. The Bertz CT molecular complexity index is 610. The second-order valence-corrected chi connectivity index (χ2v) is 6.08. The second kappa shape index (κ2) is 5.66. The van der Waals surface area contributed by atoms with Gasteiger partial charge in [-0.05, 0) is 38.4 Å². The van der Waals surface area contributed by atoms with E-state index in [9.17, 15) is 5.11 Å². The van der Waals surface area contributed by atoms with Crippen LogP contribution in [0.3, 0.4) is 0 Å². The van der Waals surface area contributed by atoms with Crippen LogP contribution in [0.5, 0.6) is 0 Å². The van der Waals surface area contributed by atoms with E-state index in [0.717, 1.165) is 50.5 Å². The van der Waals surface area contributed by atoms with Crippen molar-refractivity contribution >= 4 is 11.5 Å². The van der Waals surface area contributed by atoms with E-state index in [2.05, 4.69) is 27.7 Å². The van der Waals surface area contributed by atoms with Crippen molar-refractivity contribution in [1.29, 1.82) is 0 Å². The van der Waals surface area contributed by atoms with Crippen LogP contribution in [0.15, 0.2) is 24.4 Å². The minimum Gasteiger partial charge on any atom is -0.390 e. The molecule has 0 aromatic carbocycles. The first-order chi connectivity index (χ1) is 10.1. The molecule has 0 amide bonds. The van der Waals surface area contributed by atoms with Gasteiger partial charge in [0, 0.05) is 25.8 Å². The molecule has 1 aliphatic heterocycles. The highest BCUT2D eigenvalue weighted by atomic mass is 16.3. The number of nitrogens with one attached hydrogen (secondary N) is 1. The first kappa shape index (κ1) is 14.4. The first-order valence-electron chi connectivity index (χ1n) is 7.75. The van der Waals surface area contributed by atoms with Crippen LogP contribution in [0.4, 0.5) is 5.82 Å². The second-order valence-electron chi connectivity index (χ2n) is 6.08. The fraction of sp³-hybridized carbons (Fsp3) is 0.562. The van der Waals surface area contributed by atoms with Crippen molar-refractivity contribution in [3.63, 3.8) is 0 Å². The molecule has 0 spiro atoms. The highest BCUT2D eigenvalue weighted by molar-refractivity contribution is 5.56. The maximum absolute atomic E-state index is 10.1. The molecule has 0 bridgehead atoms.